The number of urea groups is 1. The molecule has 40 heavy (non-hydrogen) atoms. The molecule has 4 heterocycles. The van der Waals surface area contributed by atoms with Crippen LogP contribution in [0.5, 0.6) is 0 Å². The van der Waals surface area contributed by atoms with Crippen molar-refractivity contribution in [2.45, 2.75) is 57.5 Å². The summed E-state index contributed by atoms with van der Waals surface area (Å²) in [6.07, 6.45) is 5.02. The van der Waals surface area contributed by atoms with Crippen molar-refractivity contribution in [1.82, 2.24) is 34.2 Å². The van der Waals surface area contributed by atoms with Gasteiger partial charge in [-0.3, -0.25) is 14.3 Å². The van der Waals surface area contributed by atoms with Crippen LogP contribution in [0, 0.1) is 0 Å². The van der Waals surface area contributed by atoms with Gasteiger partial charge in [0, 0.05) is 38.9 Å². The van der Waals surface area contributed by atoms with Crippen LogP contribution < -0.4 is 14.9 Å². The summed E-state index contributed by atoms with van der Waals surface area (Å²) in [5.74, 6) is 1.02. The summed E-state index contributed by atoms with van der Waals surface area (Å²) in [6, 6.07) is 9.67. The molecule has 1 aliphatic carbocycles. The zero-order valence-electron chi connectivity index (χ0n) is 23.8. The minimum Gasteiger partial charge on any atom is -0.355 e. The molecule has 0 saturated carbocycles. The third-order valence-electron chi connectivity index (χ3n) is 8.00. The normalized spacial score (nSPS) is 18.4. The number of carbonyl (C=O) groups is 1. The van der Waals surface area contributed by atoms with Crippen LogP contribution >= 0.6 is 0 Å². The Kier molecular flexibility index (Phi) is 8.29. The van der Waals surface area contributed by atoms with Crippen molar-refractivity contribution >= 4 is 27.5 Å². The minimum absolute atomic E-state index is 0.133. The molecule has 2 amide bonds. The molecular weight excluding hydrogens is 528 g/mol. The van der Waals surface area contributed by atoms with E-state index in [4.69, 9.17) is 9.97 Å². The Balaban J connectivity index is 1.47. The molecule has 2 aliphatic rings. The fourth-order valence-corrected chi connectivity index (χ4v) is 6.15. The van der Waals surface area contributed by atoms with Crippen LogP contribution in [0.2, 0.25) is 0 Å². The number of sulfonamides is 1. The molecule has 0 radical (unpaired) electrons. The molecule has 11 nitrogen and oxygen atoms in total. The monoisotopic (exact) mass is 568 g/mol. The molecule has 0 bridgehead atoms. The third-order valence-corrected chi connectivity index (χ3v) is 9.71. The average Bonchev–Trinajstić information content (AvgIpc) is 3.28. The van der Waals surface area contributed by atoms with E-state index in [1.165, 1.54) is 19.4 Å². The highest BCUT2D eigenvalue weighted by Crippen LogP contribution is 2.33. The Hall–Kier alpha value is -3.22. The second kappa shape index (κ2) is 11.7. The zero-order chi connectivity index (χ0) is 28.4. The van der Waals surface area contributed by atoms with Gasteiger partial charge in [-0.2, -0.15) is 0 Å². The molecule has 1 fully saturated rings. The Morgan fingerprint density at radius 1 is 1.15 bits per heavy atom. The quantitative estimate of drug-likeness (QED) is 0.426. The van der Waals surface area contributed by atoms with Crippen LogP contribution in [0.15, 0.2) is 36.5 Å². The van der Waals surface area contributed by atoms with Crippen LogP contribution in [0.25, 0.3) is 5.65 Å². The van der Waals surface area contributed by atoms with Gasteiger partial charge >= 0.3 is 6.03 Å². The number of nitrogens with zero attached hydrogens (tertiary/aromatic N) is 6. The molecule has 1 atom stereocenters. The van der Waals surface area contributed by atoms with Crippen molar-refractivity contribution < 1.29 is 13.2 Å². The molecule has 3 aromatic heterocycles. The van der Waals surface area contributed by atoms with Gasteiger partial charge in [-0.25, -0.2) is 22.9 Å². The minimum atomic E-state index is -3.75. The average molecular weight is 569 g/mol. The van der Waals surface area contributed by atoms with Crippen molar-refractivity contribution in [3.63, 3.8) is 0 Å². The number of rotatable bonds is 8. The molecule has 2 N–H and O–H groups in total. The first kappa shape index (κ1) is 28.3. The van der Waals surface area contributed by atoms with Crippen molar-refractivity contribution in [3.8, 4) is 0 Å². The maximum Gasteiger partial charge on any atom is 0.328 e. The second-order valence-electron chi connectivity index (χ2n) is 11.1. The van der Waals surface area contributed by atoms with Gasteiger partial charge in [-0.05, 0) is 71.0 Å². The highest BCUT2D eigenvalue weighted by Gasteiger charge is 2.28. The molecule has 1 aliphatic heterocycles. The summed E-state index contributed by atoms with van der Waals surface area (Å²) < 4.78 is 28.8. The maximum absolute atomic E-state index is 12.7. The van der Waals surface area contributed by atoms with Crippen LogP contribution in [0.1, 0.15) is 55.4 Å². The largest absolute Gasteiger partial charge is 0.355 e. The predicted molar refractivity (Wildman–Crippen MR) is 156 cm³/mol. The van der Waals surface area contributed by atoms with Gasteiger partial charge in [0.1, 0.15) is 11.5 Å². The number of likely N-dealkylation sites (N-methyl/N-ethyl adjacent to an activating group) is 1. The van der Waals surface area contributed by atoms with Crippen molar-refractivity contribution in [3.05, 3.63) is 59.2 Å². The van der Waals surface area contributed by atoms with Crippen LogP contribution in [-0.4, -0.2) is 84.1 Å². The predicted octanol–water partition coefficient (Wildman–Crippen LogP) is 2.53. The van der Waals surface area contributed by atoms with Gasteiger partial charge in [0.25, 0.3) is 0 Å². The van der Waals surface area contributed by atoms with Gasteiger partial charge in [0.15, 0.2) is 0 Å². The van der Waals surface area contributed by atoms with Crippen LogP contribution in [0.3, 0.4) is 0 Å². The number of anilines is 1. The highest BCUT2D eigenvalue weighted by molar-refractivity contribution is 7.90. The van der Waals surface area contributed by atoms with Gasteiger partial charge in [0.05, 0.1) is 34.9 Å². The zero-order valence-corrected chi connectivity index (χ0v) is 24.6. The lowest BCUT2D eigenvalue weighted by Gasteiger charge is -2.34. The first-order valence-electron chi connectivity index (χ1n) is 14.0. The summed E-state index contributed by atoms with van der Waals surface area (Å²) >= 11 is 0. The van der Waals surface area contributed by atoms with E-state index in [0.717, 1.165) is 74.0 Å². The molecule has 0 unspecified atom stereocenters. The molecule has 216 valence electrons. The number of hydrogen-bond acceptors (Lipinski definition) is 8. The van der Waals surface area contributed by atoms with Gasteiger partial charge < -0.3 is 15.1 Å². The number of nitrogens with one attached hydrogen (secondary N) is 2. The number of piperazine rings is 1. The summed E-state index contributed by atoms with van der Waals surface area (Å²) in [4.78, 5) is 29.4. The lowest BCUT2D eigenvalue weighted by Crippen LogP contribution is -2.45. The lowest BCUT2D eigenvalue weighted by atomic mass is 9.91. The standard InChI is InChI=1S/C28H40N8O3S/c1-20(2)40(38,39)32-28(37)30-18-24-22(19-34(4)23-10-5-8-21-9-7-13-29-27(21)23)31-25-11-6-12-26(36(24)25)35-16-14-33(3)15-17-35/h6-7,9,11-13,20,23H,5,8,10,14-19H2,1-4H3,(H2,30,32,37)/t23-/m0/s1. The molecule has 0 aromatic carbocycles. The summed E-state index contributed by atoms with van der Waals surface area (Å²) in [5, 5.41) is 2.07. The number of fused-ring (bicyclic) bond motifs is 2. The smallest absolute Gasteiger partial charge is 0.328 e. The van der Waals surface area contributed by atoms with E-state index in [1.54, 1.807) is 0 Å². The Labute approximate surface area is 236 Å². The fraction of sp³-hybridized carbons (Fsp3) is 0.536. The van der Waals surface area contributed by atoms with E-state index in [2.05, 4.69) is 55.4 Å². The van der Waals surface area contributed by atoms with E-state index in [9.17, 15) is 13.2 Å². The number of aromatic nitrogens is 3. The Morgan fingerprint density at radius 2 is 1.93 bits per heavy atom. The van der Waals surface area contributed by atoms with E-state index in [1.807, 2.05) is 24.4 Å². The van der Waals surface area contributed by atoms with Gasteiger partial charge in [-0.15, -0.1) is 0 Å². The number of hydrogen-bond donors (Lipinski definition) is 2. The number of pyridine rings is 2. The summed E-state index contributed by atoms with van der Waals surface area (Å²) in [6.45, 7) is 7.45. The van der Waals surface area contributed by atoms with Crippen molar-refractivity contribution in [2.75, 3.05) is 45.2 Å². The second-order valence-corrected chi connectivity index (χ2v) is 13.4. The van der Waals surface area contributed by atoms with E-state index >= 15 is 0 Å². The third kappa shape index (κ3) is 5.93. The highest BCUT2D eigenvalue weighted by atomic mass is 32.2. The van der Waals surface area contributed by atoms with Crippen LogP contribution in [0.4, 0.5) is 10.6 Å². The number of amides is 2. The molecule has 3 aromatic rings. The van der Waals surface area contributed by atoms with Crippen LogP contribution in [-0.2, 0) is 29.5 Å². The SMILES string of the molecule is CC(C)S(=O)(=O)NC(=O)NCc1c(CN(C)[C@H]2CCCc3cccnc32)nc2cccc(N3CCN(C)CC3)n12. The van der Waals surface area contributed by atoms with E-state index in [0.29, 0.717) is 6.54 Å². The molecule has 1 saturated heterocycles. The van der Waals surface area contributed by atoms with Gasteiger partial charge in [0.2, 0.25) is 10.0 Å². The number of imidazole rings is 1. The first-order chi connectivity index (χ1) is 19.1. The summed E-state index contributed by atoms with van der Waals surface area (Å²) in [7, 11) is 0.476. The molecule has 5 rings (SSSR count). The number of carbonyl (C=O) groups excluding carboxylic acids is 1. The summed E-state index contributed by atoms with van der Waals surface area (Å²) in [5.41, 5.74) is 4.90. The Bertz CT molecular complexity index is 1460. The topological polar surface area (TPSA) is 115 Å². The molecule has 0 spiro atoms. The first-order valence-corrected chi connectivity index (χ1v) is 15.5. The number of aryl methyl sites for hydroxylation is 1. The molecule has 12 heteroatoms. The van der Waals surface area contributed by atoms with E-state index in [-0.39, 0.29) is 12.6 Å². The fourth-order valence-electron chi connectivity index (χ4n) is 5.58. The van der Waals surface area contributed by atoms with Crippen molar-refractivity contribution in [1.29, 1.82) is 0 Å². The van der Waals surface area contributed by atoms with Gasteiger partial charge in [-0.1, -0.05) is 12.1 Å². The Morgan fingerprint density at radius 3 is 2.67 bits per heavy atom. The van der Waals surface area contributed by atoms with E-state index < -0.39 is 21.3 Å². The maximum atomic E-state index is 12.7. The molecular formula is C28H40N8O3S. The van der Waals surface area contributed by atoms with Crippen molar-refractivity contribution in [2.24, 2.45) is 0 Å². The lowest BCUT2D eigenvalue weighted by molar-refractivity contribution is 0.206.